The molecule has 26 heteroatoms. The maximum absolute atomic E-state index is 13.3. The topological polar surface area (TPSA) is 215 Å². The number of aliphatic hydroxyl groups excluding tert-OH is 2. The lowest BCUT2D eigenvalue weighted by Crippen LogP contribution is -2.47. The summed E-state index contributed by atoms with van der Waals surface area (Å²) in [5.74, 6) is -9.14. The second-order valence-corrected chi connectivity index (χ2v) is 33.9. The number of ether oxygens (including phenoxy) is 3. The van der Waals surface area contributed by atoms with Crippen molar-refractivity contribution in [2.45, 2.75) is 229 Å². The van der Waals surface area contributed by atoms with Gasteiger partial charge in [0.1, 0.15) is 29.2 Å². The molecule has 0 spiro atoms. The Morgan fingerprint density at radius 3 is 1.30 bits per heavy atom. The number of nitrogens with one attached hydrogen (secondary N) is 2. The first-order chi connectivity index (χ1) is 47.9. The van der Waals surface area contributed by atoms with E-state index in [1.165, 1.54) is 5.56 Å². The molecule has 2 amide bonds. The van der Waals surface area contributed by atoms with Crippen LogP contribution >= 0.6 is 0 Å². The Morgan fingerprint density at radius 2 is 0.922 bits per heavy atom. The van der Waals surface area contributed by atoms with Gasteiger partial charge in [0, 0.05) is 70.3 Å². The number of benzene rings is 4. The molecule has 5 N–H and O–H groups in total. The molecule has 0 heterocycles. The number of carbonyl (C=O) groups is 4. The van der Waals surface area contributed by atoms with Crippen molar-refractivity contribution in [2.24, 2.45) is 46.3 Å². The summed E-state index contributed by atoms with van der Waals surface area (Å²) in [7, 11) is -3.08. The second-order valence-electron chi connectivity index (χ2n) is 30.5. The lowest BCUT2D eigenvalue weighted by Gasteiger charge is -2.53. The predicted molar refractivity (Wildman–Crippen MR) is 366 cm³/mol. The van der Waals surface area contributed by atoms with E-state index in [1.54, 1.807) is 63.2 Å². The summed E-state index contributed by atoms with van der Waals surface area (Å²) >= 11 is 0. The third kappa shape index (κ3) is 19.7. The Kier molecular flexibility index (Phi) is 26.0. The molecule has 6 aliphatic carbocycles. The standard InChI is InChI=1S/C40H52F5NO6S.C36H44F5NO6S/c1-37(2,3)52-35(48)32(22-25-10-6-5-7-11-25)46-36(49)51-28-13-14-29-27(24-28)23-26(34-30(29)17-19-38(4)31(34)15-16-33(38)47)12-8-20-53(50)21-9-18-39(41,42)40(43,44)45;1-34-16-14-27-26-11-10-25(48-33(46)42-29(32(44)45)19-22-7-3-2-4-8-22)21-24(26)20-23(31(27)28(34)12-13-30(34)43)9-5-17-49(47)18-6-15-35(37,38)36(39,40)41/h5-7,10-11,13-14,24,26,30-34,47H,8-9,12,15-23H2,1-4H3,(H,46,49);2-4,7-8,10-11,21,23,27-31,43H,5-6,9,12-20H2,1H3,(H,42,46)(H,44,45)/t26-,30-,31+,32+,33+,34-,38+,53?;23-,27-,28+,29+,30+,31-,34+,49?/m11/s1. The first-order valence-corrected chi connectivity index (χ1v) is 38.5. The number of aliphatic hydroxyl groups is 2. The molecule has 2 unspecified atom stereocenters. The average molecular weight is 1480 g/mol. The van der Waals surface area contributed by atoms with E-state index in [0.717, 1.165) is 79.2 Å². The third-order valence-corrected chi connectivity index (χ3v) is 25.6. The second kappa shape index (κ2) is 33.1. The Hall–Kier alpha value is -6.12. The highest BCUT2D eigenvalue weighted by Gasteiger charge is 2.60. The Balaban J connectivity index is 0.000000238. The SMILES string of the molecule is CC(C)(C)OC(=O)[C@H](Cc1ccccc1)NC(=O)Oc1ccc2c(c1)C[C@@H](CCCS(=O)CCCC(F)(F)C(F)(F)F)[C@@H]1[C@@H]2CC[C@]2(C)[C@@H](O)CC[C@@H]12.C[C@]12CC[C@@H]3c4ccc(OC(=O)N[C@@H](Cc5ccccc5)C(=O)O)cc4C[C@@H](CCCS(=O)CCCC(F)(F)C(F)(F)F)[C@H]3[C@@H]1CC[C@@H]2O. The van der Waals surface area contributed by atoms with Crippen molar-refractivity contribution in [3.8, 4) is 11.5 Å². The van der Waals surface area contributed by atoms with E-state index in [1.807, 2.05) is 54.6 Å². The van der Waals surface area contributed by atoms with E-state index in [2.05, 4.69) is 24.5 Å². The largest absolute Gasteiger partial charge is 0.480 e. The van der Waals surface area contributed by atoms with Gasteiger partial charge in [0.2, 0.25) is 0 Å². The lowest BCUT2D eigenvalue weighted by atomic mass is 9.52. The molecule has 0 saturated heterocycles. The van der Waals surface area contributed by atoms with Gasteiger partial charge in [0.05, 0.1) is 12.2 Å². The molecule has 14 nitrogen and oxygen atoms in total. The maximum atomic E-state index is 13.3. The molecule has 0 aromatic heterocycles. The van der Waals surface area contributed by atoms with Crippen LogP contribution in [0.4, 0.5) is 53.5 Å². The number of esters is 1. The molecular formula is C76H96F10N2O12S2. The van der Waals surface area contributed by atoms with Crippen LogP contribution in [0.1, 0.15) is 183 Å². The van der Waals surface area contributed by atoms with E-state index >= 15 is 0 Å². The van der Waals surface area contributed by atoms with Crippen molar-refractivity contribution in [3.63, 3.8) is 0 Å². The van der Waals surface area contributed by atoms with Gasteiger partial charge in [-0.05, 0) is 239 Å². The summed E-state index contributed by atoms with van der Waals surface area (Å²) in [4.78, 5) is 51.0. The van der Waals surface area contributed by atoms with Crippen molar-refractivity contribution < 1.29 is 101 Å². The number of rotatable bonds is 26. The number of fused-ring (bicyclic) bond motifs is 10. The van der Waals surface area contributed by atoms with Crippen LogP contribution in [-0.4, -0.2) is 125 Å². The van der Waals surface area contributed by atoms with Crippen molar-refractivity contribution in [2.75, 3.05) is 23.0 Å². The number of alkyl halides is 10. The van der Waals surface area contributed by atoms with Crippen LogP contribution in [-0.2, 0) is 61.6 Å². The molecule has 10 rings (SSSR count). The Labute approximate surface area is 594 Å². The molecule has 4 aromatic rings. The van der Waals surface area contributed by atoms with Crippen molar-refractivity contribution in [1.29, 1.82) is 0 Å². The highest BCUT2D eigenvalue weighted by atomic mass is 32.2. The molecule has 4 fully saturated rings. The van der Waals surface area contributed by atoms with E-state index in [9.17, 15) is 86.8 Å². The van der Waals surface area contributed by atoms with Gasteiger partial charge < -0.3 is 40.2 Å². The van der Waals surface area contributed by atoms with Gasteiger partial charge in [-0.1, -0.05) is 86.6 Å². The van der Waals surface area contributed by atoms with E-state index in [-0.39, 0.29) is 99.8 Å². The summed E-state index contributed by atoms with van der Waals surface area (Å²) in [5, 5.41) is 36.7. The van der Waals surface area contributed by atoms with E-state index in [0.29, 0.717) is 44.3 Å². The molecular weight excluding hydrogens is 1390 g/mol. The number of hydrogen-bond donors (Lipinski definition) is 5. The van der Waals surface area contributed by atoms with Crippen molar-refractivity contribution >= 4 is 45.7 Å². The molecule has 0 aliphatic heterocycles. The average Bonchev–Trinajstić information content (AvgIpc) is 1.45. The van der Waals surface area contributed by atoms with Gasteiger partial charge in [0.25, 0.3) is 0 Å². The van der Waals surface area contributed by atoms with Gasteiger partial charge in [0.15, 0.2) is 0 Å². The maximum Gasteiger partial charge on any atom is 0.453 e. The fraction of sp³-hybridized carbons (Fsp3) is 0.632. The van der Waals surface area contributed by atoms with Crippen LogP contribution in [0, 0.1) is 46.3 Å². The van der Waals surface area contributed by atoms with Gasteiger partial charge in [-0.25, -0.2) is 19.2 Å². The molecule has 0 radical (unpaired) electrons. The highest BCUT2D eigenvalue weighted by molar-refractivity contribution is 7.85. The van der Waals surface area contributed by atoms with Crippen LogP contribution in [0.25, 0.3) is 0 Å². The minimum Gasteiger partial charge on any atom is -0.480 e. The monoisotopic (exact) mass is 1480 g/mol. The zero-order valence-electron chi connectivity index (χ0n) is 58.2. The van der Waals surface area contributed by atoms with Gasteiger partial charge in [-0.15, -0.1) is 0 Å². The van der Waals surface area contributed by atoms with Crippen molar-refractivity contribution in [3.05, 3.63) is 130 Å². The van der Waals surface area contributed by atoms with Crippen LogP contribution in [0.2, 0.25) is 0 Å². The van der Waals surface area contributed by atoms with E-state index < -0.39 is 125 Å². The molecule has 564 valence electrons. The molecule has 6 aliphatic rings. The van der Waals surface area contributed by atoms with Crippen LogP contribution in [0.5, 0.6) is 11.5 Å². The summed E-state index contributed by atoms with van der Waals surface area (Å²) in [6.07, 6.45) is -6.84. The summed E-state index contributed by atoms with van der Waals surface area (Å²) in [6.45, 7) is 9.58. The molecule has 0 bridgehead atoms. The summed E-state index contributed by atoms with van der Waals surface area (Å²) in [6, 6.07) is 27.1. The number of carbonyl (C=O) groups excluding carboxylic acids is 3. The first kappa shape index (κ1) is 80.0. The fourth-order valence-electron chi connectivity index (χ4n) is 17.6. The smallest absolute Gasteiger partial charge is 0.453 e. The Bertz CT molecular complexity index is 3580. The minimum absolute atomic E-state index is 0.0832. The van der Waals surface area contributed by atoms with Crippen LogP contribution in [0.15, 0.2) is 97.1 Å². The molecule has 102 heavy (non-hydrogen) atoms. The summed E-state index contributed by atoms with van der Waals surface area (Å²) < 4.78 is 171. The van der Waals surface area contributed by atoms with Crippen LogP contribution in [0.3, 0.4) is 0 Å². The van der Waals surface area contributed by atoms with Gasteiger partial charge in [-0.3, -0.25) is 8.42 Å². The Morgan fingerprint density at radius 1 is 0.539 bits per heavy atom. The van der Waals surface area contributed by atoms with Gasteiger partial charge >= 0.3 is 48.3 Å². The number of hydrogen-bond acceptors (Lipinski definition) is 11. The van der Waals surface area contributed by atoms with Crippen LogP contribution < -0.4 is 20.1 Å². The quantitative estimate of drug-likeness (QED) is 0.0293. The normalized spacial score (nSPS) is 27.2. The zero-order valence-corrected chi connectivity index (χ0v) is 59.9. The molecule has 4 aromatic carbocycles. The minimum atomic E-state index is -5.62. The molecule has 4 saturated carbocycles. The van der Waals surface area contributed by atoms with E-state index in [4.69, 9.17) is 14.2 Å². The number of amides is 2. The summed E-state index contributed by atoms with van der Waals surface area (Å²) in [5.41, 5.74) is 4.73. The highest BCUT2D eigenvalue weighted by Crippen LogP contribution is 2.65. The molecule has 16 atom stereocenters. The number of carboxylic acid groups (broad SMARTS) is 1. The van der Waals surface area contributed by atoms with Gasteiger partial charge in [-0.2, -0.15) is 43.9 Å². The number of carboxylic acids is 1. The predicted octanol–water partition coefficient (Wildman–Crippen LogP) is 16.1. The first-order valence-electron chi connectivity index (χ1n) is 35.6. The lowest BCUT2D eigenvalue weighted by molar-refractivity contribution is -0.284. The number of aliphatic carboxylic acids is 1. The number of halogens is 10. The fourth-order valence-corrected chi connectivity index (χ4v) is 19.9. The third-order valence-electron chi connectivity index (χ3n) is 22.7. The van der Waals surface area contributed by atoms with Crippen molar-refractivity contribution in [1.82, 2.24) is 10.6 Å². The zero-order chi connectivity index (χ0) is 74.3.